The van der Waals surface area contributed by atoms with Crippen LogP contribution in [-0.2, 0) is 32.2 Å². The molecule has 1 unspecified atom stereocenters. The molecule has 174 valence electrons. The number of nitrogens with zero attached hydrogens (tertiary/aromatic N) is 1. The van der Waals surface area contributed by atoms with Crippen LogP contribution in [0.25, 0.3) is 0 Å². The van der Waals surface area contributed by atoms with Crippen LogP contribution in [0.5, 0.6) is 5.75 Å². The average molecular weight is 498 g/mol. The summed E-state index contributed by atoms with van der Waals surface area (Å²) >= 11 is 5.17. The standard InChI is InChI=1S/C17H15F4N2O7PS/c18-9-5-23(16(26)22-13(9)25)14-11(19)12(24)17(29-14,15(20)21)7-28-31(32)27-6-8-3-1-2-4-10(8)30-31/h1-5,11-12,14-15,24H,6-7H2,(H,22,25,26)/t11-,12+,14-,17-,31?/m1/s1. The average Bonchev–Trinajstić information content (AvgIpc) is 3.01. The van der Waals surface area contributed by atoms with Gasteiger partial charge in [0.05, 0.1) is 19.4 Å². The monoisotopic (exact) mass is 498 g/mol. The Labute approximate surface area is 181 Å². The van der Waals surface area contributed by atoms with Crippen molar-refractivity contribution >= 4 is 18.5 Å². The van der Waals surface area contributed by atoms with E-state index in [1.54, 1.807) is 29.2 Å². The Balaban J connectivity index is 1.60. The van der Waals surface area contributed by atoms with Crippen molar-refractivity contribution in [3.8, 4) is 5.75 Å². The Bertz CT molecular complexity index is 1190. The van der Waals surface area contributed by atoms with Gasteiger partial charge in [0.1, 0.15) is 11.9 Å². The molecule has 1 fully saturated rings. The van der Waals surface area contributed by atoms with Crippen molar-refractivity contribution in [3.63, 3.8) is 0 Å². The van der Waals surface area contributed by atoms with E-state index in [0.717, 1.165) is 0 Å². The lowest BCUT2D eigenvalue weighted by Gasteiger charge is -2.34. The van der Waals surface area contributed by atoms with Gasteiger partial charge in [0.2, 0.25) is 5.82 Å². The number of halogens is 4. The molecule has 2 aliphatic rings. The van der Waals surface area contributed by atoms with Crippen molar-refractivity contribution in [2.45, 2.75) is 37.1 Å². The third kappa shape index (κ3) is 3.91. The number of benzene rings is 1. The van der Waals surface area contributed by atoms with Gasteiger partial charge in [-0.3, -0.25) is 23.4 Å². The zero-order chi connectivity index (χ0) is 23.3. The number of alkyl halides is 3. The third-order valence-electron chi connectivity index (χ3n) is 4.99. The Morgan fingerprint density at radius 1 is 1.38 bits per heavy atom. The van der Waals surface area contributed by atoms with Crippen molar-refractivity contribution in [1.82, 2.24) is 9.55 Å². The minimum atomic E-state index is -3.63. The topological polar surface area (TPSA) is 112 Å². The van der Waals surface area contributed by atoms with Crippen LogP contribution >= 0.6 is 6.72 Å². The molecule has 15 heteroatoms. The number of aliphatic hydroxyl groups excluding tert-OH is 1. The fourth-order valence-electron chi connectivity index (χ4n) is 3.26. The zero-order valence-corrected chi connectivity index (χ0v) is 17.5. The van der Waals surface area contributed by atoms with E-state index in [0.29, 0.717) is 17.5 Å². The van der Waals surface area contributed by atoms with E-state index >= 15 is 0 Å². The molecule has 2 aliphatic heterocycles. The van der Waals surface area contributed by atoms with E-state index in [4.69, 9.17) is 30.1 Å². The van der Waals surface area contributed by atoms with E-state index < -0.39 is 60.9 Å². The van der Waals surface area contributed by atoms with Gasteiger partial charge in [0, 0.05) is 17.4 Å². The maximum atomic E-state index is 14.8. The number of aliphatic hydroxyl groups is 1. The molecule has 0 radical (unpaired) electrons. The Morgan fingerprint density at radius 3 is 2.81 bits per heavy atom. The summed E-state index contributed by atoms with van der Waals surface area (Å²) in [6, 6.07) is 6.63. The summed E-state index contributed by atoms with van der Waals surface area (Å²) in [5, 5.41) is 10.3. The van der Waals surface area contributed by atoms with Crippen molar-refractivity contribution in [1.29, 1.82) is 0 Å². The molecule has 9 nitrogen and oxygen atoms in total. The maximum absolute atomic E-state index is 14.8. The first-order valence-corrected chi connectivity index (χ1v) is 11.6. The lowest BCUT2D eigenvalue weighted by atomic mass is 9.97. The quantitative estimate of drug-likeness (QED) is 0.474. The van der Waals surface area contributed by atoms with Gasteiger partial charge < -0.3 is 14.4 Å². The predicted molar refractivity (Wildman–Crippen MR) is 103 cm³/mol. The molecule has 0 spiro atoms. The molecule has 32 heavy (non-hydrogen) atoms. The lowest BCUT2D eigenvalue weighted by molar-refractivity contribution is -0.193. The summed E-state index contributed by atoms with van der Waals surface area (Å²) in [6.45, 7) is -4.82. The largest absolute Gasteiger partial charge is 0.424 e. The van der Waals surface area contributed by atoms with Gasteiger partial charge in [0.15, 0.2) is 18.0 Å². The van der Waals surface area contributed by atoms with Gasteiger partial charge in [-0.15, -0.1) is 0 Å². The molecule has 2 aromatic rings. The first kappa shape index (κ1) is 23.1. The molecule has 2 N–H and O–H groups in total. The fourth-order valence-corrected chi connectivity index (χ4v) is 5.07. The van der Waals surface area contributed by atoms with Gasteiger partial charge in [0.25, 0.3) is 12.0 Å². The van der Waals surface area contributed by atoms with Crippen molar-refractivity contribution < 1.29 is 41.0 Å². The third-order valence-corrected chi connectivity index (χ3v) is 7.16. The van der Waals surface area contributed by atoms with Crippen LogP contribution in [0, 0.1) is 5.82 Å². The van der Waals surface area contributed by atoms with Crippen LogP contribution in [0.15, 0.2) is 40.1 Å². The van der Waals surface area contributed by atoms with Gasteiger partial charge in [-0.05, 0) is 6.07 Å². The SMILES string of the molecule is O=c1[nH]c(=O)n([C@@H]2O[C@@](COP3(=S)OCc4ccccc4O3)(C(F)F)[C@@H](O)[C@H]2F)cc1F. The number of nitrogens with one attached hydrogen (secondary N) is 1. The number of aromatic nitrogens is 2. The van der Waals surface area contributed by atoms with E-state index in [1.807, 2.05) is 0 Å². The Morgan fingerprint density at radius 2 is 2.09 bits per heavy atom. The minimum Gasteiger partial charge on any atom is -0.424 e. The summed E-state index contributed by atoms with van der Waals surface area (Å²) in [5.41, 5.74) is -5.08. The summed E-state index contributed by atoms with van der Waals surface area (Å²) in [6.07, 6.45) is -10.5. The Hall–Kier alpha value is -2.09. The molecule has 1 saturated heterocycles. The number of H-pyrrole nitrogens is 1. The van der Waals surface area contributed by atoms with Gasteiger partial charge in [-0.25, -0.2) is 18.0 Å². The summed E-state index contributed by atoms with van der Waals surface area (Å²) < 4.78 is 77.8. The van der Waals surface area contributed by atoms with Crippen LogP contribution in [0.1, 0.15) is 11.8 Å². The number of para-hydroxylation sites is 1. The predicted octanol–water partition coefficient (Wildman–Crippen LogP) is 1.76. The molecule has 1 aromatic heterocycles. The molecule has 0 bridgehead atoms. The molecule has 0 aliphatic carbocycles. The highest BCUT2D eigenvalue weighted by Crippen LogP contribution is 2.56. The molecule has 0 saturated carbocycles. The smallest absolute Gasteiger partial charge is 0.381 e. The molecule has 3 heterocycles. The van der Waals surface area contributed by atoms with Crippen molar-refractivity contribution in [2.24, 2.45) is 0 Å². The maximum Gasteiger partial charge on any atom is 0.381 e. The normalized spacial score (nSPS) is 32.0. The number of rotatable bonds is 5. The summed E-state index contributed by atoms with van der Waals surface area (Å²) in [5.74, 6) is -1.17. The molecular formula is C17H15F4N2O7PS. The highest BCUT2D eigenvalue weighted by molar-refractivity contribution is 8.07. The second-order valence-corrected chi connectivity index (χ2v) is 9.93. The van der Waals surface area contributed by atoms with E-state index in [-0.39, 0.29) is 11.2 Å². The van der Waals surface area contributed by atoms with Crippen LogP contribution in [-0.4, -0.2) is 45.6 Å². The Kier molecular flexibility index (Phi) is 6.03. The van der Waals surface area contributed by atoms with Gasteiger partial charge in [-0.2, -0.15) is 4.39 Å². The number of aromatic amines is 1. The second-order valence-electron chi connectivity index (χ2n) is 6.99. The van der Waals surface area contributed by atoms with Crippen molar-refractivity contribution in [2.75, 3.05) is 6.61 Å². The molecular weight excluding hydrogens is 483 g/mol. The fraction of sp³-hybridized carbons (Fsp3) is 0.412. The first-order valence-electron chi connectivity index (χ1n) is 9.02. The first-order chi connectivity index (χ1) is 15.1. The second kappa shape index (κ2) is 8.36. The van der Waals surface area contributed by atoms with Crippen LogP contribution < -0.4 is 15.8 Å². The van der Waals surface area contributed by atoms with E-state index in [9.17, 15) is 32.3 Å². The zero-order valence-electron chi connectivity index (χ0n) is 15.8. The van der Waals surface area contributed by atoms with Crippen LogP contribution in [0.3, 0.4) is 0 Å². The van der Waals surface area contributed by atoms with Gasteiger partial charge in [-0.1, -0.05) is 18.2 Å². The van der Waals surface area contributed by atoms with E-state index in [1.165, 1.54) is 0 Å². The highest BCUT2D eigenvalue weighted by atomic mass is 32.5. The molecule has 1 aromatic carbocycles. The summed E-state index contributed by atoms with van der Waals surface area (Å²) in [4.78, 5) is 24.7. The molecule has 0 amide bonds. The number of fused-ring (bicyclic) bond motifs is 1. The minimum absolute atomic E-state index is 0.0288. The van der Waals surface area contributed by atoms with Gasteiger partial charge >= 0.3 is 12.4 Å². The lowest BCUT2D eigenvalue weighted by Crippen LogP contribution is -2.52. The van der Waals surface area contributed by atoms with Crippen molar-refractivity contribution in [3.05, 3.63) is 62.7 Å². The number of ether oxygens (including phenoxy) is 1. The number of hydrogen-bond acceptors (Lipinski definition) is 8. The number of hydrogen-bond donors (Lipinski definition) is 2. The van der Waals surface area contributed by atoms with Crippen LogP contribution in [0.2, 0.25) is 0 Å². The summed E-state index contributed by atoms with van der Waals surface area (Å²) in [7, 11) is 0. The molecule has 5 atom stereocenters. The van der Waals surface area contributed by atoms with Crippen LogP contribution in [0.4, 0.5) is 17.6 Å². The highest BCUT2D eigenvalue weighted by Gasteiger charge is 2.62. The van der Waals surface area contributed by atoms with E-state index in [2.05, 4.69) is 0 Å². The molecule has 4 rings (SSSR count).